The third-order valence-electron chi connectivity index (χ3n) is 5.27. The van der Waals surface area contributed by atoms with E-state index in [-0.39, 0.29) is 6.04 Å². The summed E-state index contributed by atoms with van der Waals surface area (Å²) in [6, 6.07) is 2.40. The zero-order valence-corrected chi connectivity index (χ0v) is 17.0. The Labute approximate surface area is 160 Å². The predicted octanol–water partition coefficient (Wildman–Crippen LogP) is 5.10. The van der Waals surface area contributed by atoms with E-state index in [1.165, 1.54) is 26.9 Å². The highest BCUT2D eigenvalue weighted by atomic mass is 79.9. The first-order chi connectivity index (χ1) is 12.2. The summed E-state index contributed by atoms with van der Waals surface area (Å²) in [5.41, 5.74) is 2.38. The molecule has 0 bridgehead atoms. The fourth-order valence-corrected chi connectivity index (χ4v) is 4.52. The number of rotatable bonds is 4. The van der Waals surface area contributed by atoms with Crippen molar-refractivity contribution in [2.24, 2.45) is 7.05 Å². The van der Waals surface area contributed by atoms with Crippen molar-refractivity contribution in [3.63, 3.8) is 0 Å². The van der Waals surface area contributed by atoms with Gasteiger partial charge in [-0.15, -0.1) is 0 Å². The summed E-state index contributed by atoms with van der Waals surface area (Å²) in [4.78, 5) is 3.91. The van der Waals surface area contributed by atoms with Crippen LogP contribution in [-0.4, -0.2) is 47.9 Å². The van der Waals surface area contributed by atoms with E-state index in [1.807, 2.05) is 7.05 Å². The zero-order valence-electron chi connectivity index (χ0n) is 15.4. The van der Waals surface area contributed by atoms with Crippen molar-refractivity contribution < 1.29 is 13.2 Å². The number of likely N-dealkylation sites (tertiary alicyclic amines) is 1. The van der Waals surface area contributed by atoms with E-state index in [0.29, 0.717) is 13.1 Å². The van der Waals surface area contributed by atoms with Crippen molar-refractivity contribution in [1.29, 1.82) is 0 Å². The van der Waals surface area contributed by atoms with Gasteiger partial charge in [0.2, 0.25) is 0 Å². The molecule has 26 heavy (non-hydrogen) atoms. The van der Waals surface area contributed by atoms with Crippen LogP contribution in [0.5, 0.6) is 0 Å². The fourth-order valence-electron chi connectivity index (χ4n) is 4.09. The molecule has 1 fully saturated rings. The van der Waals surface area contributed by atoms with Gasteiger partial charge in [0.15, 0.2) is 0 Å². The van der Waals surface area contributed by atoms with Crippen LogP contribution in [0.3, 0.4) is 0 Å². The second-order valence-corrected chi connectivity index (χ2v) is 8.02. The second kappa shape index (κ2) is 7.43. The molecule has 0 radical (unpaired) electrons. The lowest BCUT2D eigenvalue weighted by molar-refractivity contribution is -0.147. The molecule has 144 valence electrons. The summed E-state index contributed by atoms with van der Waals surface area (Å²) >= 11 is 3.67. The fraction of sp³-hybridized carbons (Fsp3) is 0.579. The summed E-state index contributed by atoms with van der Waals surface area (Å²) in [5.74, 6) is 0. The maximum absolute atomic E-state index is 12.6. The average molecular weight is 432 g/mol. The molecule has 3 nitrogen and oxygen atoms in total. The minimum atomic E-state index is -4.12. The highest BCUT2D eigenvalue weighted by molar-refractivity contribution is 9.10. The van der Waals surface area contributed by atoms with Crippen molar-refractivity contribution in [2.45, 2.75) is 38.9 Å². The van der Waals surface area contributed by atoms with Crippen molar-refractivity contribution >= 4 is 32.4 Å². The van der Waals surface area contributed by atoms with Crippen molar-refractivity contribution in [2.75, 3.05) is 31.1 Å². The first kappa shape index (κ1) is 19.5. The molecule has 0 unspecified atom stereocenters. The number of anilines is 1. The van der Waals surface area contributed by atoms with Crippen LogP contribution >= 0.6 is 15.9 Å². The molecule has 0 spiro atoms. The van der Waals surface area contributed by atoms with Gasteiger partial charge >= 0.3 is 6.18 Å². The third-order valence-corrected chi connectivity index (χ3v) is 6.09. The van der Waals surface area contributed by atoms with Crippen LogP contribution in [-0.2, 0) is 7.05 Å². The zero-order chi connectivity index (χ0) is 19.1. The molecule has 0 amide bonds. The lowest BCUT2D eigenvalue weighted by Gasteiger charge is -2.40. The maximum atomic E-state index is 12.6. The SMILES string of the molecule is CCN(c1c(C)c(Br)cc2cn(C)cc12)C1CCN(CC(F)(F)F)CC1. The topological polar surface area (TPSA) is 11.4 Å². The van der Waals surface area contributed by atoms with Crippen LogP contribution in [0.15, 0.2) is 22.9 Å². The quantitative estimate of drug-likeness (QED) is 0.666. The van der Waals surface area contributed by atoms with E-state index in [4.69, 9.17) is 0 Å². The van der Waals surface area contributed by atoms with Crippen LogP contribution in [0.25, 0.3) is 10.8 Å². The molecule has 3 rings (SSSR count). The molecule has 2 heterocycles. The Morgan fingerprint density at radius 3 is 2.46 bits per heavy atom. The number of hydrogen-bond donors (Lipinski definition) is 0. The van der Waals surface area contributed by atoms with E-state index in [2.05, 4.69) is 57.7 Å². The Balaban J connectivity index is 1.86. The normalized spacial score (nSPS) is 17.2. The van der Waals surface area contributed by atoms with E-state index >= 15 is 0 Å². The van der Waals surface area contributed by atoms with Gasteiger partial charge in [-0.25, -0.2) is 0 Å². The van der Waals surface area contributed by atoms with Crippen molar-refractivity contribution in [3.8, 4) is 0 Å². The summed E-state index contributed by atoms with van der Waals surface area (Å²) in [6.45, 7) is 5.25. The summed E-state index contributed by atoms with van der Waals surface area (Å²) in [5, 5.41) is 2.38. The molecule has 0 aliphatic carbocycles. The third kappa shape index (κ3) is 4.03. The molecule has 0 saturated carbocycles. The van der Waals surface area contributed by atoms with Gasteiger partial charge in [0.05, 0.1) is 12.2 Å². The molecule has 7 heteroatoms. The Hall–Kier alpha value is -1.21. The number of halogens is 4. The second-order valence-electron chi connectivity index (χ2n) is 7.17. The Morgan fingerprint density at radius 2 is 1.88 bits per heavy atom. The molecule has 0 N–H and O–H groups in total. The molecule has 2 aromatic rings. The maximum Gasteiger partial charge on any atom is 0.401 e. The highest BCUT2D eigenvalue weighted by Crippen LogP contribution is 2.38. The Kier molecular flexibility index (Phi) is 5.58. The Bertz CT molecular complexity index is 776. The van der Waals surface area contributed by atoms with E-state index < -0.39 is 12.7 Å². The smallest absolute Gasteiger partial charge is 0.368 e. The van der Waals surface area contributed by atoms with Crippen LogP contribution in [0.1, 0.15) is 25.3 Å². The monoisotopic (exact) mass is 431 g/mol. The van der Waals surface area contributed by atoms with E-state index in [0.717, 1.165) is 23.9 Å². The van der Waals surface area contributed by atoms with E-state index in [9.17, 15) is 13.2 Å². The molecule has 0 atom stereocenters. The minimum absolute atomic E-state index is 0.265. The Morgan fingerprint density at radius 1 is 1.23 bits per heavy atom. The molecular weight excluding hydrogens is 407 g/mol. The number of hydrogen-bond acceptors (Lipinski definition) is 2. The van der Waals surface area contributed by atoms with Gasteiger partial charge in [-0.3, -0.25) is 4.90 Å². The first-order valence-electron chi connectivity index (χ1n) is 9.00. The number of aromatic nitrogens is 1. The molecule has 1 aliphatic heterocycles. The molecule has 1 aliphatic rings. The summed E-state index contributed by atoms with van der Waals surface area (Å²) < 4.78 is 41.0. The van der Waals surface area contributed by atoms with Crippen LogP contribution in [0.4, 0.5) is 18.9 Å². The van der Waals surface area contributed by atoms with Gasteiger partial charge in [-0.2, -0.15) is 13.2 Å². The van der Waals surface area contributed by atoms with Crippen molar-refractivity contribution in [3.05, 3.63) is 28.5 Å². The molecule has 1 saturated heterocycles. The molecule has 1 aromatic carbocycles. The predicted molar refractivity (Wildman–Crippen MR) is 104 cm³/mol. The molecule has 1 aromatic heterocycles. The van der Waals surface area contributed by atoms with Gasteiger partial charge in [0.25, 0.3) is 0 Å². The number of piperidine rings is 1. The van der Waals surface area contributed by atoms with Gasteiger partial charge in [0, 0.05) is 60.4 Å². The van der Waals surface area contributed by atoms with Gasteiger partial charge in [-0.1, -0.05) is 15.9 Å². The first-order valence-corrected chi connectivity index (χ1v) is 9.79. The number of fused-ring (bicyclic) bond motifs is 1. The van der Waals surface area contributed by atoms with Crippen LogP contribution in [0, 0.1) is 6.92 Å². The van der Waals surface area contributed by atoms with Gasteiger partial charge in [0.1, 0.15) is 0 Å². The van der Waals surface area contributed by atoms with E-state index in [1.54, 1.807) is 0 Å². The number of nitrogens with zero attached hydrogens (tertiary/aromatic N) is 3. The average Bonchev–Trinajstić information content (AvgIpc) is 2.91. The van der Waals surface area contributed by atoms with Crippen LogP contribution < -0.4 is 4.90 Å². The lowest BCUT2D eigenvalue weighted by Crippen LogP contribution is -2.47. The molecular formula is C19H25BrF3N3. The minimum Gasteiger partial charge on any atom is -0.368 e. The summed E-state index contributed by atoms with van der Waals surface area (Å²) in [7, 11) is 2.01. The largest absolute Gasteiger partial charge is 0.401 e. The van der Waals surface area contributed by atoms with Crippen LogP contribution in [0.2, 0.25) is 0 Å². The number of aryl methyl sites for hydroxylation is 1. The van der Waals surface area contributed by atoms with Gasteiger partial charge < -0.3 is 9.47 Å². The summed E-state index contributed by atoms with van der Waals surface area (Å²) in [6.07, 6.45) is 1.62. The number of alkyl halides is 3. The van der Waals surface area contributed by atoms with Crippen molar-refractivity contribution in [1.82, 2.24) is 9.47 Å². The number of benzene rings is 1. The highest BCUT2D eigenvalue weighted by Gasteiger charge is 2.34. The lowest BCUT2D eigenvalue weighted by atomic mass is 9.99. The standard InChI is InChI=1S/C19H25BrF3N3/c1-4-26(15-5-7-25(8-6-15)12-19(21,22)23)18-13(2)17(20)9-14-10-24(3)11-16(14)18/h9-11,15H,4-8,12H2,1-3H3. The van der Waals surface area contributed by atoms with Gasteiger partial charge in [-0.05, 0) is 38.3 Å².